The number of rotatable bonds is 2. The van der Waals surface area contributed by atoms with Gasteiger partial charge in [0, 0.05) is 23.0 Å². The maximum Gasteiger partial charge on any atom is 0.416 e. The highest BCUT2D eigenvalue weighted by Gasteiger charge is 2.35. The highest BCUT2D eigenvalue weighted by Crippen LogP contribution is 2.37. The number of aryl methyl sites for hydroxylation is 1. The molecular formula is C14H12ClF3N2. The Balaban J connectivity index is 2.55. The molecule has 2 nitrogen and oxygen atoms in total. The lowest BCUT2D eigenvalue weighted by molar-refractivity contribution is -0.138. The molecule has 0 aliphatic carbocycles. The van der Waals surface area contributed by atoms with Crippen molar-refractivity contribution in [3.63, 3.8) is 0 Å². The van der Waals surface area contributed by atoms with Gasteiger partial charge >= 0.3 is 6.18 Å². The van der Waals surface area contributed by atoms with E-state index in [4.69, 9.17) is 17.3 Å². The number of pyridine rings is 1. The summed E-state index contributed by atoms with van der Waals surface area (Å²) >= 11 is 6.12. The van der Waals surface area contributed by atoms with E-state index in [2.05, 4.69) is 4.98 Å². The van der Waals surface area contributed by atoms with Gasteiger partial charge in [0.1, 0.15) is 0 Å². The first-order chi connectivity index (χ1) is 9.32. The summed E-state index contributed by atoms with van der Waals surface area (Å²) in [6.07, 6.45) is -2.25. The van der Waals surface area contributed by atoms with Crippen LogP contribution in [0.3, 0.4) is 0 Å². The Morgan fingerprint density at radius 1 is 1.20 bits per heavy atom. The molecule has 1 aromatic heterocycles. The molecule has 1 heterocycles. The maximum absolute atomic E-state index is 13.0. The molecule has 2 N–H and O–H groups in total. The number of nitrogens with two attached hydrogens (primary N) is 1. The molecule has 106 valence electrons. The summed E-state index contributed by atoms with van der Waals surface area (Å²) < 4.78 is 39.0. The Morgan fingerprint density at radius 2 is 1.90 bits per heavy atom. The van der Waals surface area contributed by atoms with Gasteiger partial charge in [-0.1, -0.05) is 29.8 Å². The van der Waals surface area contributed by atoms with Crippen LogP contribution in [-0.4, -0.2) is 4.98 Å². The molecule has 1 unspecified atom stereocenters. The highest BCUT2D eigenvalue weighted by molar-refractivity contribution is 6.32. The number of alkyl halides is 3. The Hall–Kier alpha value is -1.59. The number of nitrogens with zero attached hydrogens (tertiary/aromatic N) is 1. The lowest BCUT2D eigenvalue weighted by Gasteiger charge is -2.19. The van der Waals surface area contributed by atoms with Crippen molar-refractivity contribution >= 4 is 11.6 Å². The fraction of sp³-hybridized carbons (Fsp3) is 0.214. The lowest BCUT2D eigenvalue weighted by Crippen LogP contribution is -2.19. The van der Waals surface area contributed by atoms with E-state index in [0.29, 0.717) is 10.6 Å². The van der Waals surface area contributed by atoms with E-state index < -0.39 is 17.8 Å². The van der Waals surface area contributed by atoms with Gasteiger partial charge in [-0.2, -0.15) is 13.2 Å². The van der Waals surface area contributed by atoms with Gasteiger partial charge in [0.05, 0.1) is 11.6 Å². The summed E-state index contributed by atoms with van der Waals surface area (Å²) in [6, 6.07) is 5.03. The van der Waals surface area contributed by atoms with E-state index in [1.807, 2.05) is 0 Å². The molecule has 2 rings (SSSR count). The van der Waals surface area contributed by atoms with E-state index in [1.54, 1.807) is 25.1 Å². The van der Waals surface area contributed by atoms with E-state index in [-0.39, 0.29) is 5.56 Å². The third-order valence-corrected chi connectivity index (χ3v) is 3.57. The van der Waals surface area contributed by atoms with Crippen LogP contribution in [0.15, 0.2) is 36.7 Å². The monoisotopic (exact) mass is 300 g/mol. The van der Waals surface area contributed by atoms with Gasteiger partial charge in [-0.3, -0.25) is 4.98 Å². The molecule has 0 aliphatic heterocycles. The van der Waals surface area contributed by atoms with Crippen molar-refractivity contribution < 1.29 is 13.2 Å². The van der Waals surface area contributed by atoms with Crippen molar-refractivity contribution in [1.29, 1.82) is 0 Å². The summed E-state index contributed by atoms with van der Waals surface area (Å²) in [7, 11) is 0. The van der Waals surface area contributed by atoms with Gasteiger partial charge < -0.3 is 5.73 Å². The molecule has 0 bridgehead atoms. The van der Waals surface area contributed by atoms with Gasteiger partial charge in [-0.15, -0.1) is 0 Å². The Bertz CT molecular complexity index is 626. The van der Waals surface area contributed by atoms with Gasteiger partial charge in [0.2, 0.25) is 0 Å². The predicted molar refractivity (Wildman–Crippen MR) is 71.5 cm³/mol. The third-order valence-electron chi connectivity index (χ3n) is 3.05. The van der Waals surface area contributed by atoms with Crippen molar-refractivity contribution in [3.8, 4) is 0 Å². The molecule has 2 aromatic rings. The zero-order valence-electron chi connectivity index (χ0n) is 10.6. The van der Waals surface area contributed by atoms with Crippen LogP contribution < -0.4 is 5.73 Å². The van der Waals surface area contributed by atoms with Gasteiger partial charge in [0.25, 0.3) is 0 Å². The average molecular weight is 301 g/mol. The first-order valence-electron chi connectivity index (χ1n) is 5.84. The van der Waals surface area contributed by atoms with Crippen LogP contribution in [0.5, 0.6) is 0 Å². The zero-order chi connectivity index (χ0) is 14.9. The van der Waals surface area contributed by atoms with E-state index in [1.165, 1.54) is 0 Å². The minimum absolute atomic E-state index is 0.0903. The number of benzene rings is 1. The number of hydrogen-bond donors (Lipinski definition) is 1. The number of hydrogen-bond acceptors (Lipinski definition) is 2. The molecule has 20 heavy (non-hydrogen) atoms. The Morgan fingerprint density at radius 3 is 2.55 bits per heavy atom. The second-order valence-electron chi connectivity index (χ2n) is 4.42. The lowest BCUT2D eigenvalue weighted by atomic mass is 9.95. The Labute approximate surface area is 119 Å². The molecule has 0 saturated heterocycles. The minimum atomic E-state index is -4.48. The van der Waals surface area contributed by atoms with E-state index >= 15 is 0 Å². The van der Waals surface area contributed by atoms with Gasteiger partial charge in [-0.25, -0.2) is 0 Å². The molecule has 1 aromatic carbocycles. The first kappa shape index (κ1) is 14.8. The van der Waals surface area contributed by atoms with Crippen molar-refractivity contribution in [2.24, 2.45) is 5.73 Å². The highest BCUT2D eigenvalue weighted by atomic mass is 35.5. The topological polar surface area (TPSA) is 38.9 Å². The zero-order valence-corrected chi connectivity index (χ0v) is 11.3. The van der Waals surface area contributed by atoms with Crippen molar-refractivity contribution in [3.05, 3.63) is 63.9 Å². The van der Waals surface area contributed by atoms with Crippen LogP contribution in [0.25, 0.3) is 0 Å². The third kappa shape index (κ3) is 2.78. The fourth-order valence-electron chi connectivity index (χ4n) is 1.99. The molecule has 0 saturated carbocycles. The van der Waals surface area contributed by atoms with Gasteiger partial charge in [0.15, 0.2) is 0 Å². The van der Waals surface area contributed by atoms with Crippen LogP contribution in [-0.2, 0) is 6.18 Å². The predicted octanol–water partition coefficient (Wildman–Crippen LogP) is 4.11. The fourth-order valence-corrected chi connectivity index (χ4v) is 2.23. The smallest absolute Gasteiger partial charge is 0.320 e. The van der Waals surface area contributed by atoms with E-state index in [0.717, 1.165) is 24.0 Å². The summed E-state index contributed by atoms with van der Waals surface area (Å²) in [5, 5.41) is 0.372. The van der Waals surface area contributed by atoms with Crippen LogP contribution in [0.2, 0.25) is 5.02 Å². The van der Waals surface area contributed by atoms with Crippen LogP contribution >= 0.6 is 11.6 Å². The standard InChI is InChI=1S/C14H12ClF3N2/c1-8-3-2-4-9(12(8)15)13(19)10-7-20-6-5-11(10)14(16,17)18/h2-7,13H,19H2,1H3. The molecule has 0 radical (unpaired) electrons. The quantitative estimate of drug-likeness (QED) is 0.906. The largest absolute Gasteiger partial charge is 0.416 e. The molecule has 6 heteroatoms. The normalized spacial score (nSPS) is 13.3. The molecular weight excluding hydrogens is 289 g/mol. The molecule has 0 fully saturated rings. The SMILES string of the molecule is Cc1cccc(C(N)c2cnccc2C(F)(F)F)c1Cl. The van der Waals surface area contributed by atoms with Crippen LogP contribution in [0.4, 0.5) is 13.2 Å². The number of halogens is 4. The summed E-state index contributed by atoms with van der Waals surface area (Å²) in [4.78, 5) is 3.73. The molecule has 1 atom stereocenters. The van der Waals surface area contributed by atoms with Crippen molar-refractivity contribution in [1.82, 2.24) is 4.98 Å². The van der Waals surface area contributed by atoms with Crippen molar-refractivity contribution in [2.45, 2.75) is 19.1 Å². The summed E-state index contributed by atoms with van der Waals surface area (Å²) in [6.45, 7) is 1.77. The van der Waals surface area contributed by atoms with Crippen LogP contribution in [0.1, 0.15) is 28.3 Å². The summed E-state index contributed by atoms with van der Waals surface area (Å²) in [5.41, 5.74) is 6.29. The second kappa shape index (κ2) is 5.42. The summed E-state index contributed by atoms with van der Waals surface area (Å²) in [5.74, 6) is 0. The van der Waals surface area contributed by atoms with E-state index in [9.17, 15) is 13.2 Å². The average Bonchev–Trinajstić information content (AvgIpc) is 2.40. The molecule has 0 aliphatic rings. The van der Waals surface area contributed by atoms with Gasteiger partial charge in [-0.05, 0) is 24.1 Å². The molecule has 0 amide bonds. The second-order valence-corrected chi connectivity index (χ2v) is 4.79. The first-order valence-corrected chi connectivity index (χ1v) is 6.22. The minimum Gasteiger partial charge on any atom is -0.320 e. The Kier molecular flexibility index (Phi) is 4.01. The van der Waals surface area contributed by atoms with Crippen LogP contribution in [0, 0.1) is 6.92 Å². The number of aromatic nitrogens is 1. The van der Waals surface area contributed by atoms with Crippen molar-refractivity contribution in [2.75, 3.05) is 0 Å². The maximum atomic E-state index is 13.0. The molecule has 0 spiro atoms.